The van der Waals surface area contributed by atoms with Crippen LogP contribution in [0.5, 0.6) is 0 Å². The lowest BCUT2D eigenvalue weighted by atomic mass is 10.0. The number of aryl methyl sites for hydroxylation is 1. The first-order valence-electron chi connectivity index (χ1n) is 10.1. The number of hydrogen-bond acceptors (Lipinski definition) is 5. The number of methoxy groups -OCH3 is 1. The lowest BCUT2D eigenvalue weighted by Crippen LogP contribution is -2.54. The summed E-state index contributed by atoms with van der Waals surface area (Å²) in [5, 5.41) is 3.48. The first-order valence-corrected chi connectivity index (χ1v) is 10.5. The molecule has 1 N–H and O–H groups in total. The van der Waals surface area contributed by atoms with Crippen molar-refractivity contribution in [2.75, 3.05) is 12.0 Å². The van der Waals surface area contributed by atoms with E-state index in [1.165, 1.54) is 18.1 Å². The molecule has 162 valence electrons. The third-order valence-corrected chi connectivity index (χ3v) is 5.65. The molecule has 4 rings (SSSR count). The van der Waals surface area contributed by atoms with Crippen LogP contribution in [0, 0.1) is 0 Å². The third kappa shape index (κ3) is 3.80. The molecule has 1 saturated heterocycles. The quantitative estimate of drug-likeness (QED) is 0.281. The van der Waals surface area contributed by atoms with Crippen LogP contribution in [0.2, 0.25) is 0 Å². The Bertz CT molecular complexity index is 1290. The third-order valence-electron chi connectivity index (χ3n) is 5.36. The summed E-state index contributed by atoms with van der Waals surface area (Å²) < 4.78 is 6.51. The van der Waals surface area contributed by atoms with Crippen molar-refractivity contribution in [3.63, 3.8) is 0 Å². The first kappa shape index (κ1) is 21.5. The van der Waals surface area contributed by atoms with Crippen LogP contribution in [0.25, 0.3) is 17.0 Å². The predicted octanol–water partition coefficient (Wildman–Crippen LogP) is 3.21. The van der Waals surface area contributed by atoms with Gasteiger partial charge in [0.15, 0.2) is 5.11 Å². The van der Waals surface area contributed by atoms with E-state index in [-0.39, 0.29) is 17.2 Å². The maximum absolute atomic E-state index is 13.4. The standard InChI is InChI=1S/C24H21N3O4S/c1-3-15-8-4-6-10-19(15)27-23(30)18(22(29)25-24(27)32)12-16-13-26(14-21(28)31-2)20-11-7-5-9-17(16)20/h4-13H,3,14H2,1-2H3,(H,25,29,32)/b18-12-. The zero-order valence-electron chi connectivity index (χ0n) is 17.6. The van der Waals surface area contributed by atoms with E-state index >= 15 is 0 Å². The zero-order chi connectivity index (χ0) is 22.8. The molecule has 0 unspecified atom stereocenters. The number of para-hydroxylation sites is 2. The number of rotatable bonds is 5. The number of aromatic nitrogens is 1. The van der Waals surface area contributed by atoms with Gasteiger partial charge in [0.25, 0.3) is 11.8 Å². The molecule has 1 aromatic heterocycles. The fourth-order valence-electron chi connectivity index (χ4n) is 3.78. The minimum Gasteiger partial charge on any atom is -0.468 e. The number of ether oxygens (including phenoxy) is 1. The van der Waals surface area contributed by atoms with Crippen molar-refractivity contribution in [2.45, 2.75) is 19.9 Å². The number of anilines is 1. The van der Waals surface area contributed by atoms with Crippen molar-refractivity contribution < 1.29 is 19.1 Å². The van der Waals surface area contributed by atoms with E-state index < -0.39 is 17.8 Å². The molecule has 7 nitrogen and oxygen atoms in total. The number of nitrogens with zero attached hydrogens (tertiary/aromatic N) is 2. The van der Waals surface area contributed by atoms with Crippen LogP contribution in [0.15, 0.2) is 60.3 Å². The van der Waals surface area contributed by atoms with Gasteiger partial charge in [-0.15, -0.1) is 0 Å². The summed E-state index contributed by atoms with van der Waals surface area (Å²) in [6, 6.07) is 14.9. The number of nitrogens with one attached hydrogen (secondary N) is 1. The van der Waals surface area contributed by atoms with Gasteiger partial charge in [-0.2, -0.15) is 0 Å². The lowest BCUT2D eigenvalue weighted by Gasteiger charge is -2.30. The van der Waals surface area contributed by atoms with E-state index in [1.807, 2.05) is 49.4 Å². The van der Waals surface area contributed by atoms with Gasteiger partial charge in [-0.1, -0.05) is 43.3 Å². The number of hydrogen-bond donors (Lipinski definition) is 1. The molecule has 0 radical (unpaired) electrons. The van der Waals surface area contributed by atoms with Crippen LogP contribution in [0.1, 0.15) is 18.1 Å². The second kappa shape index (κ2) is 8.76. The Balaban J connectivity index is 1.81. The maximum atomic E-state index is 13.4. The highest BCUT2D eigenvalue weighted by atomic mass is 32.1. The average molecular weight is 448 g/mol. The van der Waals surface area contributed by atoms with Gasteiger partial charge in [-0.3, -0.25) is 24.6 Å². The molecule has 3 aromatic rings. The van der Waals surface area contributed by atoms with Crippen molar-refractivity contribution in [3.05, 3.63) is 71.4 Å². The van der Waals surface area contributed by atoms with Crippen molar-refractivity contribution >= 4 is 57.8 Å². The minimum absolute atomic E-state index is 0.0143. The second-order valence-electron chi connectivity index (χ2n) is 7.25. The van der Waals surface area contributed by atoms with E-state index in [2.05, 4.69) is 5.32 Å². The summed E-state index contributed by atoms with van der Waals surface area (Å²) in [5.41, 5.74) is 2.97. The highest BCUT2D eigenvalue weighted by Crippen LogP contribution is 2.28. The molecule has 8 heteroatoms. The summed E-state index contributed by atoms with van der Waals surface area (Å²) in [7, 11) is 1.33. The molecule has 1 aliphatic rings. The van der Waals surface area contributed by atoms with Gasteiger partial charge in [-0.05, 0) is 42.4 Å². The Labute approximate surface area is 190 Å². The number of benzene rings is 2. The first-order chi connectivity index (χ1) is 15.4. The topological polar surface area (TPSA) is 80.6 Å². The molecule has 2 heterocycles. The summed E-state index contributed by atoms with van der Waals surface area (Å²) >= 11 is 5.32. The number of carbonyl (C=O) groups excluding carboxylic acids is 3. The molecule has 0 aliphatic carbocycles. The normalized spacial score (nSPS) is 15.4. The number of fused-ring (bicyclic) bond motifs is 1. The monoisotopic (exact) mass is 447 g/mol. The molecule has 32 heavy (non-hydrogen) atoms. The van der Waals surface area contributed by atoms with Crippen LogP contribution in [-0.4, -0.2) is 34.6 Å². The number of esters is 1. The summed E-state index contributed by atoms with van der Waals surface area (Å²) in [6.45, 7) is 2.00. The van der Waals surface area contributed by atoms with Crippen molar-refractivity contribution in [2.24, 2.45) is 0 Å². The molecule has 0 saturated carbocycles. The molecule has 0 atom stereocenters. The Morgan fingerprint density at radius 3 is 2.59 bits per heavy atom. The summed E-state index contributed by atoms with van der Waals surface area (Å²) in [4.78, 5) is 39.3. The van der Waals surface area contributed by atoms with Crippen LogP contribution in [0.3, 0.4) is 0 Å². The van der Waals surface area contributed by atoms with Gasteiger partial charge in [0.05, 0.1) is 12.8 Å². The van der Waals surface area contributed by atoms with Crippen LogP contribution < -0.4 is 10.2 Å². The Morgan fingerprint density at radius 1 is 1.12 bits per heavy atom. The molecule has 1 fully saturated rings. The molecule has 0 bridgehead atoms. The Morgan fingerprint density at radius 2 is 1.84 bits per heavy atom. The fraction of sp³-hybridized carbons (Fsp3) is 0.167. The van der Waals surface area contributed by atoms with Crippen molar-refractivity contribution in [1.29, 1.82) is 0 Å². The maximum Gasteiger partial charge on any atom is 0.325 e. The van der Waals surface area contributed by atoms with Gasteiger partial charge in [0, 0.05) is 22.7 Å². The van der Waals surface area contributed by atoms with Crippen LogP contribution in [0.4, 0.5) is 5.69 Å². The van der Waals surface area contributed by atoms with Gasteiger partial charge < -0.3 is 9.30 Å². The van der Waals surface area contributed by atoms with Gasteiger partial charge >= 0.3 is 5.97 Å². The molecule has 0 spiro atoms. The molecule has 2 amide bonds. The molecular weight excluding hydrogens is 426 g/mol. The van der Waals surface area contributed by atoms with E-state index in [0.29, 0.717) is 17.7 Å². The molecule has 1 aliphatic heterocycles. The summed E-state index contributed by atoms with van der Waals surface area (Å²) in [6.07, 6.45) is 3.97. The van der Waals surface area contributed by atoms with E-state index in [0.717, 1.165) is 16.5 Å². The second-order valence-corrected chi connectivity index (χ2v) is 7.63. The number of carbonyl (C=O) groups is 3. The summed E-state index contributed by atoms with van der Waals surface area (Å²) in [5.74, 6) is -1.45. The van der Waals surface area contributed by atoms with E-state index in [4.69, 9.17) is 17.0 Å². The van der Waals surface area contributed by atoms with Gasteiger partial charge in [0.2, 0.25) is 0 Å². The van der Waals surface area contributed by atoms with Crippen LogP contribution >= 0.6 is 12.2 Å². The smallest absolute Gasteiger partial charge is 0.325 e. The zero-order valence-corrected chi connectivity index (χ0v) is 18.4. The van der Waals surface area contributed by atoms with Gasteiger partial charge in [-0.25, -0.2) is 0 Å². The highest BCUT2D eigenvalue weighted by molar-refractivity contribution is 7.80. The number of amides is 2. The minimum atomic E-state index is -0.560. The van der Waals surface area contributed by atoms with Crippen molar-refractivity contribution in [3.8, 4) is 0 Å². The molecule has 2 aromatic carbocycles. The van der Waals surface area contributed by atoms with E-state index in [9.17, 15) is 14.4 Å². The van der Waals surface area contributed by atoms with E-state index in [1.54, 1.807) is 16.8 Å². The predicted molar refractivity (Wildman–Crippen MR) is 126 cm³/mol. The lowest BCUT2D eigenvalue weighted by molar-refractivity contribution is -0.141. The van der Waals surface area contributed by atoms with Crippen molar-refractivity contribution in [1.82, 2.24) is 9.88 Å². The Hall–Kier alpha value is -3.78. The van der Waals surface area contributed by atoms with Gasteiger partial charge in [0.1, 0.15) is 12.1 Å². The molecular formula is C24H21N3O4S. The largest absolute Gasteiger partial charge is 0.468 e. The van der Waals surface area contributed by atoms with Crippen LogP contribution in [-0.2, 0) is 32.1 Å². The fourth-order valence-corrected chi connectivity index (χ4v) is 4.06. The SMILES string of the molecule is CCc1ccccc1N1C(=O)/C(=C\c2cn(CC(=O)OC)c3ccccc23)C(=O)NC1=S. The number of thiocarbonyl (C=S) groups is 1. The Kier molecular flexibility index (Phi) is 5.87. The highest BCUT2D eigenvalue weighted by Gasteiger charge is 2.35. The average Bonchev–Trinajstić information content (AvgIpc) is 3.14.